The molecule has 0 aliphatic rings. The Morgan fingerprint density at radius 3 is 1.86 bits per heavy atom. The molecule has 10 rings (SSSR count). The molecular weight excluding hydrogens is 611 g/mol. The first-order chi connectivity index (χ1) is 24.8. The fraction of sp³-hybridized carbons (Fsp3) is 0. The maximum absolute atomic E-state index is 6.17. The molecule has 0 unspecified atom stereocenters. The van der Waals surface area contributed by atoms with Gasteiger partial charge in [-0.15, -0.1) is 0 Å². The van der Waals surface area contributed by atoms with E-state index >= 15 is 0 Å². The van der Waals surface area contributed by atoms with Gasteiger partial charge in [-0.1, -0.05) is 127 Å². The largest absolute Gasteiger partial charge is 0.456 e. The van der Waals surface area contributed by atoms with E-state index in [1.165, 1.54) is 16.3 Å². The molecule has 3 heterocycles. The highest BCUT2D eigenvalue weighted by atomic mass is 16.3. The smallest absolute Gasteiger partial charge is 0.160 e. The van der Waals surface area contributed by atoms with Gasteiger partial charge in [0.1, 0.15) is 11.2 Å². The molecule has 0 fully saturated rings. The quantitative estimate of drug-likeness (QED) is 0.188. The molecule has 0 aliphatic carbocycles. The lowest BCUT2D eigenvalue weighted by atomic mass is 9.97. The van der Waals surface area contributed by atoms with Crippen LogP contribution in [0.3, 0.4) is 0 Å². The van der Waals surface area contributed by atoms with Gasteiger partial charge >= 0.3 is 0 Å². The van der Waals surface area contributed by atoms with E-state index in [4.69, 9.17) is 14.4 Å². The number of hydrogen-bond acceptors (Lipinski definition) is 3. The summed E-state index contributed by atoms with van der Waals surface area (Å²) in [4.78, 5) is 10.1. The zero-order chi connectivity index (χ0) is 33.0. The predicted molar refractivity (Wildman–Crippen MR) is 205 cm³/mol. The third kappa shape index (κ3) is 4.61. The van der Waals surface area contributed by atoms with Crippen molar-refractivity contribution in [1.82, 2.24) is 14.5 Å². The molecule has 0 N–H and O–H groups in total. The summed E-state index contributed by atoms with van der Waals surface area (Å²) in [6.45, 7) is 0. The molecular formula is C46H29N3O. The van der Waals surface area contributed by atoms with E-state index < -0.39 is 0 Å². The maximum Gasteiger partial charge on any atom is 0.160 e. The number of rotatable bonds is 5. The van der Waals surface area contributed by atoms with Crippen LogP contribution in [0.25, 0.3) is 94.5 Å². The van der Waals surface area contributed by atoms with Crippen molar-refractivity contribution >= 4 is 43.7 Å². The summed E-state index contributed by atoms with van der Waals surface area (Å²) in [5, 5.41) is 4.66. The lowest BCUT2D eigenvalue weighted by Crippen LogP contribution is -1.96. The van der Waals surface area contributed by atoms with Crippen LogP contribution in [0.4, 0.5) is 0 Å². The van der Waals surface area contributed by atoms with E-state index in [1.54, 1.807) is 0 Å². The third-order valence-corrected chi connectivity index (χ3v) is 9.61. The van der Waals surface area contributed by atoms with Crippen molar-refractivity contribution < 1.29 is 4.42 Å². The molecule has 3 aromatic heterocycles. The first kappa shape index (κ1) is 28.3. The third-order valence-electron chi connectivity index (χ3n) is 9.61. The van der Waals surface area contributed by atoms with E-state index in [0.29, 0.717) is 5.82 Å². The number of aromatic nitrogens is 3. The second kappa shape index (κ2) is 11.4. The minimum atomic E-state index is 0.708. The van der Waals surface area contributed by atoms with Gasteiger partial charge in [-0.25, -0.2) is 9.97 Å². The molecule has 4 heteroatoms. The van der Waals surface area contributed by atoms with Gasteiger partial charge in [0, 0.05) is 43.9 Å². The molecule has 0 aliphatic heterocycles. The van der Waals surface area contributed by atoms with Crippen LogP contribution in [0.15, 0.2) is 180 Å². The predicted octanol–water partition coefficient (Wildman–Crippen LogP) is 12.1. The van der Waals surface area contributed by atoms with Crippen LogP contribution in [0.5, 0.6) is 0 Å². The summed E-state index contributed by atoms with van der Waals surface area (Å²) in [7, 11) is 0. The highest BCUT2D eigenvalue weighted by Gasteiger charge is 2.18. The van der Waals surface area contributed by atoms with Gasteiger partial charge in [-0.05, 0) is 59.7 Å². The minimum absolute atomic E-state index is 0.708. The highest BCUT2D eigenvalue weighted by Crippen LogP contribution is 2.40. The van der Waals surface area contributed by atoms with Gasteiger partial charge < -0.3 is 8.98 Å². The molecule has 0 atom stereocenters. The standard InChI is InChI=1S/C46H29N3O/c1-3-13-30(14-4-1)39-29-40(48-46(47-39)31-15-5-2-6-16-31)33-18-11-17-32(27-33)35-21-12-23-42-45(35)37-20-7-9-22-41(37)49(42)34-25-26-44-38(28-34)36-19-8-10-24-43(36)50-44/h1-29H. The molecule has 4 nitrogen and oxygen atoms in total. The normalized spacial score (nSPS) is 11.6. The fourth-order valence-corrected chi connectivity index (χ4v) is 7.31. The van der Waals surface area contributed by atoms with E-state index in [9.17, 15) is 0 Å². The van der Waals surface area contributed by atoms with Crippen molar-refractivity contribution in [2.75, 3.05) is 0 Å². The first-order valence-corrected chi connectivity index (χ1v) is 16.8. The maximum atomic E-state index is 6.17. The molecule has 50 heavy (non-hydrogen) atoms. The number of fused-ring (bicyclic) bond motifs is 6. The number of nitrogens with zero attached hydrogens (tertiary/aromatic N) is 3. The van der Waals surface area contributed by atoms with Gasteiger partial charge in [-0.2, -0.15) is 0 Å². The summed E-state index contributed by atoms with van der Waals surface area (Å²) in [5.41, 5.74) is 12.4. The summed E-state index contributed by atoms with van der Waals surface area (Å²) in [5.74, 6) is 0.708. The van der Waals surface area contributed by atoms with Gasteiger partial charge in [0.2, 0.25) is 0 Å². The first-order valence-electron chi connectivity index (χ1n) is 16.8. The molecule has 0 amide bonds. The van der Waals surface area contributed by atoms with E-state index in [-0.39, 0.29) is 0 Å². The van der Waals surface area contributed by atoms with Crippen LogP contribution in [-0.4, -0.2) is 14.5 Å². The summed E-state index contributed by atoms with van der Waals surface area (Å²) < 4.78 is 8.55. The van der Waals surface area contributed by atoms with Crippen molar-refractivity contribution in [2.24, 2.45) is 0 Å². The second-order valence-electron chi connectivity index (χ2n) is 12.6. The molecule has 234 valence electrons. The monoisotopic (exact) mass is 639 g/mol. The van der Waals surface area contributed by atoms with E-state index in [2.05, 4.69) is 132 Å². The Morgan fingerprint density at radius 2 is 1.02 bits per heavy atom. The van der Waals surface area contributed by atoms with Crippen LogP contribution >= 0.6 is 0 Å². The van der Waals surface area contributed by atoms with Gasteiger partial charge in [0.25, 0.3) is 0 Å². The second-order valence-corrected chi connectivity index (χ2v) is 12.6. The summed E-state index contributed by atoms with van der Waals surface area (Å²) in [6.07, 6.45) is 0. The SMILES string of the molecule is c1ccc(-c2cc(-c3cccc(-c4cccc5c4c4ccccc4n5-c4ccc5oc6ccccc6c5c4)c3)nc(-c3ccccc3)n2)cc1. The van der Waals surface area contributed by atoms with Gasteiger partial charge in [-0.3, -0.25) is 0 Å². The lowest BCUT2D eigenvalue weighted by molar-refractivity contribution is 0.669. The van der Waals surface area contributed by atoms with Crippen molar-refractivity contribution in [2.45, 2.75) is 0 Å². The Balaban J connectivity index is 1.16. The van der Waals surface area contributed by atoms with E-state index in [0.717, 1.165) is 72.3 Å². The minimum Gasteiger partial charge on any atom is -0.456 e. The Hall–Kier alpha value is -6.78. The lowest BCUT2D eigenvalue weighted by Gasteiger charge is -2.12. The van der Waals surface area contributed by atoms with Crippen LogP contribution in [0.2, 0.25) is 0 Å². The Bertz CT molecular complexity index is 2810. The van der Waals surface area contributed by atoms with Gasteiger partial charge in [0.05, 0.1) is 22.4 Å². The Kier molecular flexibility index (Phi) is 6.46. The van der Waals surface area contributed by atoms with Crippen molar-refractivity contribution in [3.8, 4) is 50.7 Å². The topological polar surface area (TPSA) is 43.9 Å². The molecule has 10 aromatic rings. The average Bonchev–Trinajstić information content (AvgIpc) is 3.74. The van der Waals surface area contributed by atoms with Crippen LogP contribution < -0.4 is 0 Å². The van der Waals surface area contributed by atoms with Crippen LogP contribution in [-0.2, 0) is 0 Å². The molecule has 0 saturated heterocycles. The van der Waals surface area contributed by atoms with Crippen molar-refractivity contribution in [3.05, 3.63) is 176 Å². The molecule has 0 spiro atoms. The molecule has 7 aromatic carbocycles. The number of hydrogen-bond donors (Lipinski definition) is 0. The molecule has 0 bridgehead atoms. The number of benzene rings is 7. The fourth-order valence-electron chi connectivity index (χ4n) is 7.31. The zero-order valence-corrected chi connectivity index (χ0v) is 27.0. The van der Waals surface area contributed by atoms with Crippen LogP contribution in [0.1, 0.15) is 0 Å². The molecule has 0 radical (unpaired) electrons. The summed E-state index contributed by atoms with van der Waals surface area (Å²) in [6, 6.07) is 61.4. The number of furan rings is 1. The molecule has 0 saturated carbocycles. The van der Waals surface area contributed by atoms with Crippen LogP contribution in [0, 0.1) is 0 Å². The Labute approximate surface area is 288 Å². The summed E-state index contributed by atoms with van der Waals surface area (Å²) >= 11 is 0. The Morgan fingerprint density at radius 1 is 0.400 bits per heavy atom. The average molecular weight is 640 g/mol. The van der Waals surface area contributed by atoms with Crippen molar-refractivity contribution in [1.29, 1.82) is 0 Å². The highest BCUT2D eigenvalue weighted by molar-refractivity contribution is 6.16. The van der Waals surface area contributed by atoms with E-state index in [1.807, 2.05) is 48.5 Å². The number of para-hydroxylation sites is 2. The van der Waals surface area contributed by atoms with Gasteiger partial charge in [0.15, 0.2) is 5.82 Å². The van der Waals surface area contributed by atoms with Crippen molar-refractivity contribution in [3.63, 3.8) is 0 Å². The zero-order valence-electron chi connectivity index (χ0n) is 27.0.